The lowest BCUT2D eigenvalue weighted by Crippen LogP contribution is -2.23. The highest BCUT2D eigenvalue weighted by atomic mass is 32.2. The van der Waals surface area contributed by atoms with Gasteiger partial charge >= 0.3 is 0 Å². The van der Waals surface area contributed by atoms with Crippen LogP contribution < -0.4 is 0 Å². The van der Waals surface area contributed by atoms with E-state index in [4.69, 9.17) is 0 Å². The molecule has 3 atom stereocenters. The van der Waals surface area contributed by atoms with Gasteiger partial charge in [0, 0.05) is 39.8 Å². The molecule has 0 rings (SSSR count). The molecule has 0 fully saturated rings. The van der Waals surface area contributed by atoms with E-state index in [-0.39, 0.29) is 12.2 Å². The second-order valence-electron chi connectivity index (χ2n) is 6.46. The molecule has 0 amide bonds. The fourth-order valence-corrected chi connectivity index (χ4v) is 5.52. The molecule has 0 aliphatic rings. The van der Waals surface area contributed by atoms with E-state index in [9.17, 15) is 10.2 Å². The smallest absolute Gasteiger partial charge is 0.0720 e. The highest BCUT2D eigenvalue weighted by molar-refractivity contribution is 8.03. The van der Waals surface area contributed by atoms with Gasteiger partial charge in [0.2, 0.25) is 0 Å². The summed E-state index contributed by atoms with van der Waals surface area (Å²) in [7, 11) is 0. The number of hydrogen-bond acceptors (Lipinski definition) is 6. The number of aliphatic hydroxyl groups excluding tert-OH is 2. The van der Waals surface area contributed by atoms with Gasteiger partial charge in [-0.3, -0.25) is 0 Å². The first-order chi connectivity index (χ1) is 10.3. The van der Waals surface area contributed by atoms with Crippen LogP contribution in [0.4, 0.5) is 0 Å². The van der Waals surface area contributed by atoms with Crippen LogP contribution in [0.1, 0.15) is 34.6 Å². The van der Waals surface area contributed by atoms with Crippen LogP contribution in [-0.2, 0) is 0 Å². The van der Waals surface area contributed by atoms with E-state index in [0.717, 1.165) is 40.3 Å². The lowest BCUT2D eigenvalue weighted by Gasteiger charge is -2.27. The summed E-state index contributed by atoms with van der Waals surface area (Å²) in [4.78, 5) is 0. The summed E-state index contributed by atoms with van der Waals surface area (Å²) in [6.45, 7) is 11.1. The summed E-state index contributed by atoms with van der Waals surface area (Å²) in [6, 6.07) is 0. The van der Waals surface area contributed by atoms with Crippen molar-refractivity contribution in [3.8, 4) is 0 Å². The minimum absolute atomic E-state index is 0.180. The standard InChI is InChI=1S/C16H34O2S4/c1-6-19-9-14(17)10-20-7-8-21-11-15(18)12-22-13(2)16(3,4)5/h13-15,17-18H,6-12H2,1-5H3. The fraction of sp³-hybridized carbons (Fsp3) is 1.00. The van der Waals surface area contributed by atoms with Crippen molar-refractivity contribution < 1.29 is 10.2 Å². The lowest BCUT2D eigenvalue weighted by atomic mass is 9.93. The third-order valence-corrected chi connectivity index (χ3v) is 8.56. The number of rotatable bonds is 13. The van der Waals surface area contributed by atoms with E-state index in [0.29, 0.717) is 10.7 Å². The third kappa shape index (κ3) is 13.7. The van der Waals surface area contributed by atoms with Crippen LogP contribution in [0.3, 0.4) is 0 Å². The Labute approximate surface area is 154 Å². The highest BCUT2D eigenvalue weighted by Crippen LogP contribution is 2.30. The molecule has 0 saturated carbocycles. The number of aliphatic hydroxyl groups is 2. The molecular formula is C16H34O2S4. The van der Waals surface area contributed by atoms with E-state index in [2.05, 4.69) is 34.6 Å². The maximum atomic E-state index is 10.0. The molecule has 0 radical (unpaired) electrons. The molecule has 0 aromatic heterocycles. The van der Waals surface area contributed by atoms with Gasteiger partial charge in [0.1, 0.15) is 0 Å². The van der Waals surface area contributed by atoms with Gasteiger partial charge in [-0.15, -0.1) is 0 Å². The molecule has 2 N–H and O–H groups in total. The van der Waals surface area contributed by atoms with Gasteiger partial charge in [0.15, 0.2) is 0 Å². The fourth-order valence-electron chi connectivity index (χ4n) is 1.41. The van der Waals surface area contributed by atoms with Crippen molar-refractivity contribution in [1.82, 2.24) is 0 Å². The molecule has 0 aromatic rings. The van der Waals surface area contributed by atoms with E-state index < -0.39 is 0 Å². The summed E-state index contributed by atoms with van der Waals surface area (Å²) < 4.78 is 0. The minimum atomic E-state index is -0.212. The normalized spacial score (nSPS) is 16.5. The Hall–Kier alpha value is 1.32. The Bertz CT molecular complexity index is 259. The second-order valence-corrected chi connectivity index (χ2v) is 11.5. The van der Waals surface area contributed by atoms with Crippen LogP contribution in [-0.4, -0.2) is 67.9 Å². The summed E-state index contributed by atoms with van der Waals surface area (Å²) in [5.41, 5.74) is 0.297. The molecule has 0 heterocycles. The van der Waals surface area contributed by atoms with E-state index in [1.807, 2.05) is 35.3 Å². The van der Waals surface area contributed by atoms with Gasteiger partial charge in [0.25, 0.3) is 0 Å². The molecule has 0 spiro atoms. The zero-order valence-corrected chi connectivity index (χ0v) is 18.0. The molecule has 22 heavy (non-hydrogen) atoms. The van der Waals surface area contributed by atoms with Crippen LogP contribution in [0.5, 0.6) is 0 Å². The largest absolute Gasteiger partial charge is 0.391 e. The zero-order valence-electron chi connectivity index (χ0n) is 14.7. The summed E-state index contributed by atoms with van der Waals surface area (Å²) in [6.07, 6.45) is -0.392. The molecule has 2 nitrogen and oxygen atoms in total. The number of hydrogen-bond donors (Lipinski definition) is 2. The first kappa shape index (κ1) is 23.3. The maximum absolute atomic E-state index is 10.0. The maximum Gasteiger partial charge on any atom is 0.0720 e. The predicted molar refractivity (Wildman–Crippen MR) is 111 cm³/mol. The first-order valence-electron chi connectivity index (χ1n) is 7.98. The molecule has 134 valence electrons. The van der Waals surface area contributed by atoms with Gasteiger partial charge in [-0.05, 0) is 11.2 Å². The molecule has 0 saturated heterocycles. The monoisotopic (exact) mass is 386 g/mol. The van der Waals surface area contributed by atoms with Gasteiger partial charge < -0.3 is 10.2 Å². The molecule has 0 aliphatic carbocycles. The molecule has 0 bridgehead atoms. The minimum Gasteiger partial charge on any atom is -0.391 e. The van der Waals surface area contributed by atoms with Crippen molar-refractivity contribution >= 4 is 47.0 Å². The van der Waals surface area contributed by atoms with E-state index >= 15 is 0 Å². The van der Waals surface area contributed by atoms with Crippen LogP contribution in [0.2, 0.25) is 0 Å². The van der Waals surface area contributed by atoms with Gasteiger partial charge in [-0.2, -0.15) is 47.0 Å². The molecule has 3 unspecified atom stereocenters. The van der Waals surface area contributed by atoms with Crippen LogP contribution >= 0.6 is 47.0 Å². The topological polar surface area (TPSA) is 40.5 Å². The highest BCUT2D eigenvalue weighted by Gasteiger charge is 2.21. The Balaban J connectivity index is 3.47. The zero-order chi connectivity index (χ0) is 17.0. The van der Waals surface area contributed by atoms with Crippen molar-refractivity contribution in [2.24, 2.45) is 5.41 Å². The van der Waals surface area contributed by atoms with E-state index in [1.165, 1.54) is 0 Å². The molecule has 0 aliphatic heterocycles. The molecule has 0 aromatic carbocycles. The summed E-state index contributed by atoms with van der Waals surface area (Å²) in [5.74, 6) is 6.49. The van der Waals surface area contributed by atoms with Gasteiger partial charge in [-0.25, -0.2) is 0 Å². The van der Waals surface area contributed by atoms with Crippen LogP contribution in [0, 0.1) is 5.41 Å². The van der Waals surface area contributed by atoms with Crippen molar-refractivity contribution in [2.75, 3.05) is 40.3 Å². The Kier molecular flexibility index (Phi) is 14.4. The quantitative estimate of drug-likeness (QED) is 0.465. The third-order valence-electron chi connectivity index (χ3n) is 3.27. The molecular weight excluding hydrogens is 352 g/mol. The van der Waals surface area contributed by atoms with Crippen LogP contribution in [0.25, 0.3) is 0 Å². The SMILES string of the molecule is CCSCC(O)CSCCSCC(O)CSC(C)C(C)(C)C. The Morgan fingerprint density at radius 3 is 1.73 bits per heavy atom. The van der Waals surface area contributed by atoms with Crippen molar-refractivity contribution in [3.63, 3.8) is 0 Å². The van der Waals surface area contributed by atoms with Gasteiger partial charge in [-0.1, -0.05) is 34.6 Å². The van der Waals surface area contributed by atoms with E-state index in [1.54, 1.807) is 11.8 Å². The van der Waals surface area contributed by atoms with Crippen LogP contribution in [0.15, 0.2) is 0 Å². The summed E-state index contributed by atoms with van der Waals surface area (Å²) in [5, 5.41) is 20.3. The van der Waals surface area contributed by atoms with Crippen molar-refractivity contribution in [2.45, 2.75) is 52.1 Å². The second kappa shape index (κ2) is 13.6. The lowest BCUT2D eigenvalue weighted by molar-refractivity contribution is 0.224. The molecule has 6 heteroatoms. The van der Waals surface area contributed by atoms with Gasteiger partial charge in [0.05, 0.1) is 12.2 Å². The average molecular weight is 387 g/mol. The predicted octanol–water partition coefficient (Wildman–Crippen LogP) is 4.10. The number of thioether (sulfide) groups is 4. The average Bonchev–Trinajstić information content (AvgIpc) is 2.44. The van der Waals surface area contributed by atoms with Crippen molar-refractivity contribution in [3.05, 3.63) is 0 Å². The summed E-state index contributed by atoms with van der Waals surface area (Å²) >= 11 is 7.29. The van der Waals surface area contributed by atoms with Crippen molar-refractivity contribution in [1.29, 1.82) is 0 Å². The first-order valence-corrected chi connectivity index (χ1v) is 12.5. The Morgan fingerprint density at radius 2 is 1.27 bits per heavy atom. The Morgan fingerprint density at radius 1 is 0.818 bits per heavy atom.